The molecule has 0 fully saturated rings. The zero-order chi connectivity index (χ0) is 18.1. The van der Waals surface area contributed by atoms with Gasteiger partial charge in [0.25, 0.3) is 5.56 Å². The highest BCUT2D eigenvalue weighted by Gasteiger charge is 2.23. The first-order chi connectivity index (χ1) is 12.6. The molecule has 0 atom stereocenters. The number of hydrogen-bond acceptors (Lipinski definition) is 4. The van der Waals surface area contributed by atoms with Crippen LogP contribution in [0.15, 0.2) is 52.6 Å². The van der Waals surface area contributed by atoms with Crippen molar-refractivity contribution in [3.63, 3.8) is 0 Å². The number of carbonyl (C=O) groups excluding carboxylic acids is 1. The van der Waals surface area contributed by atoms with Crippen LogP contribution in [0.3, 0.4) is 0 Å². The van der Waals surface area contributed by atoms with E-state index < -0.39 is 0 Å². The van der Waals surface area contributed by atoms with Gasteiger partial charge in [-0.1, -0.05) is 23.8 Å². The van der Waals surface area contributed by atoms with Crippen LogP contribution < -0.4 is 10.5 Å². The standard InChI is InChI=1S/C20H19N3O2S/c1-14-6-8-17-15(12-14)4-2-10-22(17)20(25)13-23-19(24)9-7-16(21-23)18-5-3-11-26-18/h3,5-9,11-12H,2,4,10,13H2,1H3. The maximum Gasteiger partial charge on any atom is 0.267 e. The highest BCUT2D eigenvalue weighted by Crippen LogP contribution is 2.28. The van der Waals surface area contributed by atoms with Crippen LogP contribution in [-0.2, 0) is 17.8 Å². The number of aryl methyl sites for hydroxylation is 2. The van der Waals surface area contributed by atoms with E-state index in [1.54, 1.807) is 22.3 Å². The lowest BCUT2D eigenvalue weighted by atomic mass is 9.99. The molecule has 3 heterocycles. The summed E-state index contributed by atoms with van der Waals surface area (Å²) in [5.41, 5.74) is 3.79. The quantitative estimate of drug-likeness (QED) is 0.716. The zero-order valence-electron chi connectivity index (χ0n) is 14.5. The van der Waals surface area contributed by atoms with E-state index in [1.165, 1.54) is 21.9 Å². The fourth-order valence-electron chi connectivity index (χ4n) is 3.32. The predicted molar refractivity (Wildman–Crippen MR) is 104 cm³/mol. The Hall–Kier alpha value is -2.73. The second-order valence-corrected chi connectivity index (χ2v) is 7.42. The van der Waals surface area contributed by atoms with Crippen molar-refractivity contribution in [2.45, 2.75) is 26.3 Å². The van der Waals surface area contributed by atoms with Crippen LogP contribution in [0.4, 0.5) is 5.69 Å². The van der Waals surface area contributed by atoms with Crippen molar-refractivity contribution < 1.29 is 4.79 Å². The van der Waals surface area contributed by atoms with E-state index in [0.717, 1.165) is 23.4 Å². The van der Waals surface area contributed by atoms with Crippen LogP contribution in [0.1, 0.15) is 17.5 Å². The van der Waals surface area contributed by atoms with Gasteiger partial charge < -0.3 is 4.90 Å². The summed E-state index contributed by atoms with van der Waals surface area (Å²) < 4.78 is 1.26. The molecule has 0 saturated carbocycles. The fourth-order valence-corrected chi connectivity index (χ4v) is 4.01. The molecular formula is C20H19N3O2S. The highest BCUT2D eigenvalue weighted by molar-refractivity contribution is 7.13. The minimum atomic E-state index is -0.264. The van der Waals surface area contributed by atoms with Gasteiger partial charge in [-0.2, -0.15) is 5.10 Å². The SMILES string of the molecule is Cc1ccc2c(c1)CCCN2C(=O)Cn1nc(-c2cccs2)ccc1=O. The van der Waals surface area contributed by atoms with Gasteiger partial charge in [0.2, 0.25) is 5.91 Å². The molecule has 0 bridgehead atoms. The molecule has 3 aromatic rings. The molecular weight excluding hydrogens is 346 g/mol. The number of carbonyl (C=O) groups is 1. The van der Waals surface area contributed by atoms with Gasteiger partial charge in [-0.05, 0) is 48.9 Å². The maximum absolute atomic E-state index is 12.9. The van der Waals surface area contributed by atoms with Gasteiger partial charge in [-0.3, -0.25) is 9.59 Å². The summed E-state index contributed by atoms with van der Waals surface area (Å²) >= 11 is 1.56. The molecule has 2 aromatic heterocycles. The van der Waals surface area contributed by atoms with Gasteiger partial charge in [0.1, 0.15) is 12.2 Å². The number of amides is 1. The molecule has 0 N–H and O–H groups in total. The molecule has 0 saturated heterocycles. The molecule has 132 valence electrons. The number of rotatable bonds is 3. The number of benzene rings is 1. The van der Waals surface area contributed by atoms with Crippen molar-refractivity contribution in [2.24, 2.45) is 0 Å². The molecule has 1 amide bonds. The zero-order valence-corrected chi connectivity index (χ0v) is 15.3. The molecule has 6 heteroatoms. The summed E-state index contributed by atoms with van der Waals surface area (Å²) in [6.45, 7) is 2.68. The Morgan fingerprint density at radius 2 is 2.12 bits per heavy atom. The number of thiophene rings is 1. The molecule has 0 aliphatic carbocycles. The number of fused-ring (bicyclic) bond motifs is 1. The molecule has 5 nitrogen and oxygen atoms in total. The van der Waals surface area contributed by atoms with Crippen LogP contribution in [0.2, 0.25) is 0 Å². The Morgan fingerprint density at radius 3 is 2.92 bits per heavy atom. The number of anilines is 1. The summed E-state index contributed by atoms with van der Waals surface area (Å²) in [5, 5.41) is 6.35. The lowest BCUT2D eigenvalue weighted by Crippen LogP contribution is -2.40. The predicted octanol–water partition coefficient (Wildman–Crippen LogP) is 3.26. The third-order valence-electron chi connectivity index (χ3n) is 4.58. The Balaban J connectivity index is 1.62. The van der Waals surface area contributed by atoms with Gasteiger partial charge in [0.05, 0.1) is 4.88 Å². The normalized spacial score (nSPS) is 13.5. The van der Waals surface area contributed by atoms with Crippen LogP contribution in [0, 0.1) is 6.92 Å². The van der Waals surface area contributed by atoms with E-state index >= 15 is 0 Å². The molecule has 4 rings (SSSR count). The average molecular weight is 365 g/mol. The molecule has 1 aliphatic heterocycles. The molecule has 0 spiro atoms. The second-order valence-electron chi connectivity index (χ2n) is 6.47. The van der Waals surface area contributed by atoms with Crippen molar-refractivity contribution in [3.05, 3.63) is 69.3 Å². The molecule has 1 aliphatic rings. The Labute approximate surface area is 155 Å². The second kappa shape index (κ2) is 6.88. The van der Waals surface area contributed by atoms with Gasteiger partial charge in [0.15, 0.2) is 0 Å². The van der Waals surface area contributed by atoms with Crippen LogP contribution >= 0.6 is 11.3 Å². The third kappa shape index (κ3) is 3.20. The number of nitrogens with zero attached hydrogens (tertiary/aromatic N) is 3. The van der Waals surface area contributed by atoms with E-state index in [9.17, 15) is 9.59 Å². The summed E-state index contributed by atoms with van der Waals surface area (Å²) in [6, 6.07) is 13.2. The Morgan fingerprint density at radius 1 is 1.23 bits per heavy atom. The first-order valence-corrected chi connectivity index (χ1v) is 9.52. The van der Waals surface area contributed by atoms with Gasteiger partial charge in [-0.15, -0.1) is 11.3 Å². The third-order valence-corrected chi connectivity index (χ3v) is 5.47. The van der Waals surface area contributed by atoms with Crippen molar-refractivity contribution in [1.29, 1.82) is 0 Å². The summed E-state index contributed by atoms with van der Waals surface area (Å²) in [5.74, 6) is -0.104. The van der Waals surface area contributed by atoms with E-state index in [4.69, 9.17) is 0 Å². The number of hydrogen-bond donors (Lipinski definition) is 0. The summed E-state index contributed by atoms with van der Waals surface area (Å²) in [4.78, 5) is 27.8. The van der Waals surface area contributed by atoms with E-state index in [-0.39, 0.29) is 18.0 Å². The lowest BCUT2D eigenvalue weighted by molar-refractivity contribution is -0.119. The Bertz CT molecular complexity index is 1010. The highest BCUT2D eigenvalue weighted by atomic mass is 32.1. The van der Waals surface area contributed by atoms with Crippen LogP contribution in [0.25, 0.3) is 10.6 Å². The van der Waals surface area contributed by atoms with Crippen molar-refractivity contribution in [2.75, 3.05) is 11.4 Å². The minimum Gasteiger partial charge on any atom is -0.311 e. The van der Waals surface area contributed by atoms with Crippen LogP contribution in [0.5, 0.6) is 0 Å². The molecule has 0 unspecified atom stereocenters. The topological polar surface area (TPSA) is 55.2 Å². The first-order valence-electron chi connectivity index (χ1n) is 8.64. The van der Waals surface area contributed by atoms with E-state index in [2.05, 4.69) is 18.1 Å². The smallest absolute Gasteiger partial charge is 0.267 e. The lowest BCUT2D eigenvalue weighted by Gasteiger charge is -2.29. The van der Waals surface area contributed by atoms with Crippen molar-refractivity contribution >= 4 is 22.9 Å². The fraction of sp³-hybridized carbons (Fsp3) is 0.250. The van der Waals surface area contributed by atoms with E-state index in [0.29, 0.717) is 12.2 Å². The van der Waals surface area contributed by atoms with Crippen LogP contribution in [-0.4, -0.2) is 22.2 Å². The molecule has 1 aromatic carbocycles. The van der Waals surface area contributed by atoms with E-state index in [1.807, 2.05) is 29.6 Å². The van der Waals surface area contributed by atoms with Gasteiger partial charge in [0, 0.05) is 18.3 Å². The van der Waals surface area contributed by atoms with Crippen molar-refractivity contribution in [1.82, 2.24) is 9.78 Å². The largest absolute Gasteiger partial charge is 0.311 e. The van der Waals surface area contributed by atoms with Gasteiger partial charge >= 0.3 is 0 Å². The molecule has 26 heavy (non-hydrogen) atoms. The molecule has 0 radical (unpaired) electrons. The van der Waals surface area contributed by atoms with Gasteiger partial charge in [-0.25, -0.2) is 4.68 Å². The summed E-state index contributed by atoms with van der Waals surface area (Å²) in [6.07, 6.45) is 1.91. The maximum atomic E-state index is 12.9. The number of aromatic nitrogens is 2. The monoisotopic (exact) mass is 365 g/mol. The Kier molecular flexibility index (Phi) is 4.42. The first kappa shape index (κ1) is 16.7. The summed E-state index contributed by atoms with van der Waals surface area (Å²) in [7, 11) is 0. The average Bonchev–Trinajstić information content (AvgIpc) is 3.17. The minimum absolute atomic E-state index is 0.0502. The van der Waals surface area contributed by atoms with Crippen molar-refractivity contribution in [3.8, 4) is 10.6 Å².